The van der Waals surface area contributed by atoms with Crippen LogP contribution in [0.2, 0.25) is 0 Å². The smallest absolute Gasteiger partial charge is 0.409 e. The van der Waals surface area contributed by atoms with Gasteiger partial charge in [-0.1, -0.05) is 0 Å². The molecule has 1 aliphatic rings. The number of hydrogen-bond donors (Lipinski definition) is 0. The van der Waals surface area contributed by atoms with E-state index in [1.807, 2.05) is 19.1 Å². The van der Waals surface area contributed by atoms with Gasteiger partial charge in [0.25, 0.3) is 0 Å². The highest BCUT2D eigenvalue weighted by molar-refractivity contribution is 7.14. The van der Waals surface area contributed by atoms with Gasteiger partial charge in [-0.05, 0) is 26.0 Å². The van der Waals surface area contributed by atoms with Crippen molar-refractivity contribution in [2.75, 3.05) is 39.3 Å². The van der Waals surface area contributed by atoms with Crippen molar-refractivity contribution in [1.29, 1.82) is 0 Å². The number of thiophene rings is 1. The van der Waals surface area contributed by atoms with E-state index < -0.39 is 0 Å². The van der Waals surface area contributed by atoms with E-state index in [9.17, 15) is 9.59 Å². The Morgan fingerprint density at radius 2 is 1.95 bits per heavy atom. The predicted octanol–water partition coefficient (Wildman–Crippen LogP) is 2.01. The molecule has 0 atom stereocenters. The Labute approximate surface area is 123 Å². The zero-order valence-corrected chi connectivity index (χ0v) is 12.7. The maximum atomic E-state index is 12.1. The molecule has 0 radical (unpaired) electrons. The Morgan fingerprint density at radius 3 is 2.50 bits per heavy atom. The summed E-state index contributed by atoms with van der Waals surface area (Å²) >= 11 is 1.54. The molecule has 2 heterocycles. The molecule has 5 nitrogen and oxygen atoms in total. The van der Waals surface area contributed by atoms with Gasteiger partial charge in [0.05, 0.1) is 18.0 Å². The molecule has 0 saturated carbocycles. The molecule has 1 fully saturated rings. The number of hydrogen-bond acceptors (Lipinski definition) is 5. The van der Waals surface area contributed by atoms with E-state index in [1.165, 1.54) is 11.3 Å². The van der Waals surface area contributed by atoms with Crippen LogP contribution in [0.15, 0.2) is 12.1 Å². The fraction of sp³-hybridized carbons (Fsp3) is 0.571. The summed E-state index contributed by atoms with van der Waals surface area (Å²) in [6, 6.07) is 3.85. The van der Waals surface area contributed by atoms with E-state index in [0.717, 1.165) is 22.8 Å². The van der Waals surface area contributed by atoms with Gasteiger partial charge in [0.15, 0.2) is 5.78 Å². The van der Waals surface area contributed by atoms with E-state index in [1.54, 1.807) is 11.8 Å². The van der Waals surface area contributed by atoms with Crippen molar-refractivity contribution >= 4 is 23.2 Å². The number of piperazine rings is 1. The van der Waals surface area contributed by atoms with Crippen LogP contribution in [0.1, 0.15) is 21.5 Å². The second-order valence-electron chi connectivity index (χ2n) is 4.80. The number of nitrogens with zero attached hydrogens (tertiary/aromatic N) is 2. The number of rotatable bonds is 4. The molecule has 1 saturated heterocycles. The summed E-state index contributed by atoms with van der Waals surface area (Å²) < 4.78 is 4.97. The standard InChI is InChI=1S/C14H20N2O3S/c1-3-19-14(18)16-8-6-15(7-9-16)10-12(17)13-5-4-11(2)20-13/h4-5H,3,6-10H2,1-2H3. The molecule has 0 N–H and O–H groups in total. The summed E-state index contributed by atoms with van der Waals surface area (Å²) in [5, 5.41) is 0. The molecule has 20 heavy (non-hydrogen) atoms. The van der Waals surface area contributed by atoms with Crippen molar-refractivity contribution in [2.45, 2.75) is 13.8 Å². The number of ether oxygens (including phenoxy) is 1. The summed E-state index contributed by atoms with van der Waals surface area (Å²) in [6.45, 7) is 7.30. The highest BCUT2D eigenvalue weighted by Crippen LogP contribution is 2.16. The van der Waals surface area contributed by atoms with Crippen LogP contribution in [0.3, 0.4) is 0 Å². The minimum Gasteiger partial charge on any atom is -0.450 e. The third-order valence-corrected chi connectivity index (χ3v) is 4.32. The molecule has 2 rings (SSSR count). The number of amides is 1. The number of ketones is 1. The van der Waals surface area contributed by atoms with Crippen molar-refractivity contribution in [1.82, 2.24) is 9.80 Å². The number of carbonyl (C=O) groups is 2. The van der Waals surface area contributed by atoms with Gasteiger partial charge in [0.2, 0.25) is 0 Å². The van der Waals surface area contributed by atoms with Crippen molar-refractivity contribution < 1.29 is 14.3 Å². The fourth-order valence-corrected chi connectivity index (χ4v) is 2.97. The first-order chi connectivity index (χ1) is 9.60. The Balaban J connectivity index is 1.80. The van der Waals surface area contributed by atoms with Gasteiger partial charge in [-0.25, -0.2) is 4.79 Å². The van der Waals surface area contributed by atoms with Crippen molar-refractivity contribution in [3.05, 3.63) is 21.9 Å². The van der Waals surface area contributed by atoms with Crippen LogP contribution in [-0.2, 0) is 4.74 Å². The predicted molar refractivity (Wildman–Crippen MR) is 78.4 cm³/mol. The van der Waals surface area contributed by atoms with Gasteiger partial charge in [0.1, 0.15) is 0 Å². The summed E-state index contributed by atoms with van der Waals surface area (Å²) in [5.74, 6) is 0.160. The van der Waals surface area contributed by atoms with E-state index in [-0.39, 0.29) is 11.9 Å². The van der Waals surface area contributed by atoms with E-state index >= 15 is 0 Å². The highest BCUT2D eigenvalue weighted by Gasteiger charge is 2.23. The van der Waals surface area contributed by atoms with Crippen LogP contribution in [0.5, 0.6) is 0 Å². The zero-order chi connectivity index (χ0) is 14.5. The molecule has 1 aromatic rings. The third kappa shape index (κ3) is 3.80. The number of carbonyl (C=O) groups excluding carboxylic acids is 2. The van der Waals surface area contributed by atoms with Crippen LogP contribution in [0, 0.1) is 6.92 Å². The summed E-state index contributed by atoms with van der Waals surface area (Å²) in [6.07, 6.45) is -0.257. The SMILES string of the molecule is CCOC(=O)N1CCN(CC(=O)c2ccc(C)s2)CC1. The summed E-state index contributed by atoms with van der Waals surface area (Å²) in [5.41, 5.74) is 0. The zero-order valence-electron chi connectivity index (χ0n) is 11.9. The highest BCUT2D eigenvalue weighted by atomic mass is 32.1. The molecule has 1 amide bonds. The van der Waals surface area contributed by atoms with Crippen molar-refractivity contribution in [2.24, 2.45) is 0 Å². The maximum absolute atomic E-state index is 12.1. The molecular weight excluding hydrogens is 276 g/mol. The third-order valence-electron chi connectivity index (χ3n) is 3.28. The van der Waals surface area contributed by atoms with Gasteiger partial charge in [-0.3, -0.25) is 9.69 Å². The normalized spacial score (nSPS) is 16.2. The van der Waals surface area contributed by atoms with Crippen molar-refractivity contribution in [3.8, 4) is 0 Å². The molecule has 0 spiro atoms. The summed E-state index contributed by atoms with van der Waals surface area (Å²) in [7, 11) is 0. The lowest BCUT2D eigenvalue weighted by Crippen LogP contribution is -2.50. The molecule has 0 aliphatic carbocycles. The van der Waals surface area contributed by atoms with E-state index in [0.29, 0.717) is 26.2 Å². The summed E-state index contributed by atoms with van der Waals surface area (Å²) in [4.78, 5) is 29.4. The Morgan fingerprint density at radius 1 is 1.25 bits per heavy atom. The van der Waals surface area contributed by atoms with Crippen LogP contribution in [0.25, 0.3) is 0 Å². The molecular formula is C14H20N2O3S. The first-order valence-electron chi connectivity index (χ1n) is 6.84. The molecule has 0 aromatic carbocycles. The van der Waals surface area contributed by atoms with Crippen LogP contribution in [0.4, 0.5) is 4.79 Å². The van der Waals surface area contributed by atoms with Gasteiger partial charge in [0, 0.05) is 31.1 Å². The first-order valence-corrected chi connectivity index (χ1v) is 7.65. The van der Waals surface area contributed by atoms with Gasteiger partial charge >= 0.3 is 6.09 Å². The largest absolute Gasteiger partial charge is 0.450 e. The average Bonchev–Trinajstić information content (AvgIpc) is 2.86. The van der Waals surface area contributed by atoms with Crippen LogP contribution in [-0.4, -0.2) is 61.0 Å². The van der Waals surface area contributed by atoms with E-state index in [2.05, 4.69) is 4.90 Å². The second-order valence-corrected chi connectivity index (χ2v) is 6.08. The Kier molecular flexibility index (Phi) is 5.14. The van der Waals surface area contributed by atoms with E-state index in [4.69, 9.17) is 4.74 Å². The van der Waals surface area contributed by atoms with Crippen LogP contribution < -0.4 is 0 Å². The van der Waals surface area contributed by atoms with Crippen molar-refractivity contribution in [3.63, 3.8) is 0 Å². The Bertz CT molecular complexity index is 479. The monoisotopic (exact) mass is 296 g/mol. The lowest BCUT2D eigenvalue weighted by molar-refractivity contribution is 0.0735. The molecule has 1 aromatic heterocycles. The Hall–Kier alpha value is -1.40. The minimum absolute atomic E-state index is 0.160. The maximum Gasteiger partial charge on any atom is 0.409 e. The lowest BCUT2D eigenvalue weighted by atomic mass is 10.2. The first kappa shape index (κ1) is 15.0. The lowest BCUT2D eigenvalue weighted by Gasteiger charge is -2.33. The molecule has 0 unspecified atom stereocenters. The van der Waals surface area contributed by atoms with Gasteiger partial charge in [-0.15, -0.1) is 11.3 Å². The quantitative estimate of drug-likeness (QED) is 0.798. The van der Waals surface area contributed by atoms with Crippen LogP contribution >= 0.6 is 11.3 Å². The number of aryl methyl sites for hydroxylation is 1. The molecule has 1 aliphatic heterocycles. The average molecular weight is 296 g/mol. The topological polar surface area (TPSA) is 49.9 Å². The number of Topliss-reactive ketones (excluding diaryl/α,β-unsaturated/α-hetero) is 1. The molecule has 6 heteroatoms. The van der Waals surface area contributed by atoms with Gasteiger partial charge in [-0.2, -0.15) is 0 Å². The second kappa shape index (κ2) is 6.85. The molecule has 0 bridgehead atoms. The fourth-order valence-electron chi connectivity index (χ4n) is 2.17. The molecule has 110 valence electrons. The van der Waals surface area contributed by atoms with Gasteiger partial charge < -0.3 is 9.64 Å². The minimum atomic E-state index is -0.257.